The molecule has 5 nitrogen and oxygen atoms in total. The minimum Gasteiger partial charge on any atom is -0.441 e. The molecule has 20 heavy (non-hydrogen) atoms. The van der Waals surface area contributed by atoms with Gasteiger partial charge in [-0.1, -0.05) is 0 Å². The van der Waals surface area contributed by atoms with Crippen LogP contribution in [0.15, 0.2) is 35.0 Å². The summed E-state index contributed by atoms with van der Waals surface area (Å²) in [5.41, 5.74) is 2.47. The molecule has 0 spiro atoms. The minimum absolute atomic E-state index is 0.351. The number of nitrogens with zero attached hydrogens (tertiary/aromatic N) is 2. The summed E-state index contributed by atoms with van der Waals surface area (Å²) in [6, 6.07) is 5.52. The van der Waals surface area contributed by atoms with E-state index < -0.39 is 0 Å². The molecule has 0 radical (unpaired) electrons. The molecule has 0 aliphatic carbocycles. The van der Waals surface area contributed by atoms with Gasteiger partial charge in [-0.05, 0) is 25.1 Å². The summed E-state index contributed by atoms with van der Waals surface area (Å²) >= 11 is 0. The molecule has 0 N–H and O–H groups in total. The molecule has 0 saturated heterocycles. The molecule has 3 aromatic rings. The standard InChI is InChI=1S/C15H14N2O3/c1-9-15(19-10(2)16-9)12-6-8-17-7-4-5-13(14(12)17)20-11(3)18/h4-8H,1-3H3. The van der Waals surface area contributed by atoms with Gasteiger partial charge in [-0.2, -0.15) is 0 Å². The average molecular weight is 270 g/mol. The average Bonchev–Trinajstić information content (AvgIpc) is 2.92. The highest BCUT2D eigenvalue weighted by Gasteiger charge is 2.17. The number of oxazole rings is 1. The van der Waals surface area contributed by atoms with Gasteiger partial charge in [0.15, 0.2) is 17.4 Å². The Labute approximate surface area is 115 Å². The number of fused-ring (bicyclic) bond motifs is 1. The van der Waals surface area contributed by atoms with E-state index in [1.807, 2.05) is 42.8 Å². The molecular formula is C15H14N2O3. The van der Waals surface area contributed by atoms with Gasteiger partial charge in [0.05, 0.1) is 11.2 Å². The molecule has 0 fully saturated rings. The van der Waals surface area contributed by atoms with Crippen LogP contribution in [0.4, 0.5) is 0 Å². The van der Waals surface area contributed by atoms with E-state index in [1.54, 1.807) is 6.07 Å². The van der Waals surface area contributed by atoms with Crippen LogP contribution in [0.1, 0.15) is 18.5 Å². The van der Waals surface area contributed by atoms with Crippen molar-refractivity contribution in [2.75, 3.05) is 0 Å². The molecule has 0 unspecified atom stereocenters. The summed E-state index contributed by atoms with van der Waals surface area (Å²) in [5, 5.41) is 0. The lowest BCUT2D eigenvalue weighted by atomic mass is 10.1. The molecule has 0 atom stereocenters. The molecule has 0 saturated carbocycles. The van der Waals surface area contributed by atoms with Crippen LogP contribution in [0.2, 0.25) is 0 Å². The number of esters is 1. The van der Waals surface area contributed by atoms with Crippen LogP contribution in [-0.4, -0.2) is 15.4 Å². The molecule has 0 aliphatic heterocycles. The van der Waals surface area contributed by atoms with Crippen molar-refractivity contribution in [1.82, 2.24) is 9.38 Å². The second-order valence-corrected chi connectivity index (χ2v) is 4.60. The van der Waals surface area contributed by atoms with E-state index in [9.17, 15) is 4.79 Å². The van der Waals surface area contributed by atoms with E-state index in [2.05, 4.69) is 4.98 Å². The number of rotatable bonds is 2. The van der Waals surface area contributed by atoms with E-state index in [0.29, 0.717) is 17.4 Å². The second kappa shape index (κ2) is 4.52. The lowest BCUT2D eigenvalue weighted by Gasteiger charge is -2.06. The highest BCUT2D eigenvalue weighted by Crippen LogP contribution is 2.34. The molecule has 0 aliphatic rings. The molecule has 3 rings (SSSR count). The zero-order valence-corrected chi connectivity index (χ0v) is 11.5. The molecule has 0 amide bonds. The molecule has 3 aromatic heterocycles. The lowest BCUT2D eigenvalue weighted by molar-refractivity contribution is -0.131. The number of hydrogen-bond donors (Lipinski definition) is 0. The largest absolute Gasteiger partial charge is 0.441 e. The van der Waals surface area contributed by atoms with Gasteiger partial charge >= 0.3 is 5.97 Å². The van der Waals surface area contributed by atoms with Gasteiger partial charge in [-0.3, -0.25) is 4.79 Å². The van der Waals surface area contributed by atoms with Crippen LogP contribution in [0, 0.1) is 13.8 Å². The van der Waals surface area contributed by atoms with E-state index >= 15 is 0 Å². The zero-order valence-electron chi connectivity index (χ0n) is 11.5. The fourth-order valence-corrected chi connectivity index (χ4v) is 2.34. The highest BCUT2D eigenvalue weighted by atomic mass is 16.5. The smallest absolute Gasteiger partial charge is 0.308 e. The maximum absolute atomic E-state index is 11.2. The van der Waals surface area contributed by atoms with Crippen LogP contribution in [0.3, 0.4) is 0 Å². The van der Waals surface area contributed by atoms with Crippen molar-refractivity contribution in [3.05, 3.63) is 42.2 Å². The topological polar surface area (TPSA) is 56.7 Å². The quantitative estimate of drug-likeness (QED) is 0.671. The molecule has 5 heteroatoms. The molecule has 102 valence electrons. The van der Waals surface area contributed by atoms with Gasteiger partial charge in [-0.25, -0.2) is 4.98 Å². The third kappa shape index (κ3) is 1.97. The van der Waals surface area contributed by atoms with Gasteiger partial charge in [-0.15, -0.1) is 0 Å². The first-order valence-electron chi connectivity index (χ1n) is 6.29. The van der Waals surface area contributed by atoms with E-state index in [4.69, 9.17) is 9.15 Å². The predicted molar refractivity (Wildman–Crippen MR) is 73.7 cm³/mol. The SMILES string of the molecule is CC(=O)Oc1cccn2ccc(-c3oc(C)nc3C)c12. The maximum Gasteiger partial charge on any atom is 0.308 e. The lowest BCUT2D eigenvalue weighted by Crippen LogP contribution is -2.02. The first-order valence-corrected chi connectivity index (χ1v) is 6.29. The molecule has 0 bridgehead atoms. The maximum atomic E-state index is 11.2. The fourth-order valence-electron chi connectivity index (χ4n) is 2.34. The van der Waals surface area contributed by atoms with Crippen LogP contribution >= 0.6 is 0 Å². The van der Waals surface area contributed by atoms with Crippen molar-refractivity contribution in [3.63, 3.8) is 0 Å². The number of carbonyl (C=O) groups is 1. The summed E-state index contributed by atoms with van der Waals surface area (Å²) < 4.78 is 12.8. The van der Waals surface area contributed by atoms with E-state index in [0.717, 1.165) is 16.8 Å². The Morgan fingerprint density at radius 3 is 2.75 bits per heavy atom. The van der Waals surface area contributed by atoms with Crippen LogP contribution < -0.4 is 4.74 Å². The van der Waals surface area contributed by atoms with Crippen molar-refractivity contribution >= 4 is 11.5 Å². The Balaban J connectivity index is 2.26. The van der Waals surface area contributed by atoms with Gasteiger partial charge in [0.2, 0.25) is 0 Å². The van der Waals surface area contributed by atoms with Crippen molar-refractivity contribution < 1.29 is 13.9 Å². The summed E-state index contributed by atoms with van der Waals surface area (Å²) in [6.45, 7) is 5.08. The van der Waals surface area contributed by atoms with Gasteiger partial charge < -0.3 is 13.6 Å². The Bertz CT molecular complexity index is 799. The molecular weight excluding hydrogens is 256 g/mol. The number of aromatic nitrogens is 2. The van der Waals surface area contributed by atoms with Crippen molar-refractivity contribution in [3.8, 4) is 17.1 Å². The summed E-state index contributed by atoms with van der Waals surface area (Å²) in [5.74, 6) is 1.47. The summed E-state index contributed by atoms with van der Waals surface area (Å²) in [7, 11) is 0. The third-order valence-corrected chi connectivity index (χ3v) is 3.04. The second-order valence-electron chi connectivity index (χ2n) is 4.60. The number of aryl methyl sites for hydroxylation is 2. The Morgan fingerprint density at radius 1 is 1.30 bits per heavy atom. The fraction of sp³-hybridized carbons (Fsp3) is 0.200. The molecule has 0 aromatic carbocycles. The third-order valence-electron chi connectivity index (χ3n) is 3.04. The Kier molecular flexibility index (Phi) is 2.82. The van der Waals surface area contributed by atoms with Crippen molar-refractivity contribution in [2.24, 2.45) is 0 Å². The van der Waals surface area contributed by atoms with E-state index in [1.165, 1.54) is 6.92 Å². The molecule has 3 heterocycles. The number of pyridine rings is 1. The highest BCUT2D eigenvalue weighted by molar-refractivity contribution is 5.86. The number of carbonyl (C=O) groups excluding carboxylic acids is 1. The van der Waals surface area contributed by atoms with Crippen LogP contribution in [0.25, 0.3) is 16.8 Å². The monoisotopic (exact) mass is 270 g/mol. The first-order chi connectivity index (χ1) is 9.56. The Morgan fingerprint density at radius 2 is 2.10 bits per heavy atom. The number of ether oxygens (including phenoxy) is 1. The van der Waals surface area contributed by atoms with Gasteiger partial charge in [0, 0.05) is 31.8 Å². The van der Waals surface area contributed by atoms with Crippen LogP contribution in [0.5, 0.6) is 5.75 Å². The summed E-state index contributed by atoms with van der Waals surface area (Å²) in [6.07, 6.45) is 3.79. The predicted octanol–water partition coefficient (Wildman–Crippen LogP) is 3.14. The van der Waals surface area contributed by atoms with Gasteiger partial charge in [0.1, 0.15) is 0 Å². The summed E-state index contributed by atoms with van der Waals surface area (Å²) in [4.78, 5) is 15.5. The van der Waals surface area contributed by atoms with Crippen molar-refractivity contribution in [2.45, 2.75) is 20.8 Å². The van der Waals surface area contributed by atoms with Crippen LogP contribution in [-0.2, 0) is 4.79 Å². The first kappa shape index (κ1) is 12.5. The Hall–Kier alpha value is -2.56. The number of hydrogen-bond acceptors (Lipinski definition) is 4. The minimum atomic E-state index is -0.351. The zero-order chi connectivity index (χ0) is 14.3. The van der Waals surface area contributed by atoms with E-state index in [-0.39, 0.29) is 5.97 Å². The normalized spacial score (nSPS) is 10.9. The van der Waals surface area contributed by atoms with Gasteiger partial charge in [0.25, 0.3) is 0 Å². The van der Waals surface area contributed by atoms with Crippen molar-refractivity contribution in [1.29, 1.82) is 0 Å².